The van der Waals surface area contributed by atoms with Crippen LogP contribution in [0.4, 0.5) is 0 Å². The molecule has 32 heavy (non-hydrogen) atoms. The maximum absolute atomic E-state index is 12.3. The van der Waals surface area contributed by atoms with Crippen LogP contribution in [0.25, 0.3) is 0 Å². The summed E-state index contributed by atoms with van der Waals surface area (Å²) >= 11 is 5.91. The molecular formula is C25H33ClO6. The lowest BCUT2D eigenvalue weighted by atomic mass is 9.90. The normalized spacial score (nSPS) is 22.2. The molecule has 1 fully saturated rings. The van der Waals surface area contributed by atoms with Crippen molar-refractivity contribution >= 4 is 23.4 Å². The molecule has 1 aliphatic carbocycles. The zero-order chi connectivity index (χ0) is 23.5. The van der Waals surface area contributed by atoms with Gasteiger partial charge in [0.2, 0.25) is 0 Å². The Morgan fingerprint density at radius 2 is 2.09 bits per heavy atom. The van der Waals surface area contributed by atoms with E-state index in [9.17, 15) is 19.8 Å². The Labute approximate surface area is 194 Å². The smallest absolute Gasteiger partial charge is 0.306 e. The molecule has 6 nitrogen and oxygen atoms in total. The van der Waals surface area contributed by atoms with Crippen molar-refractivity contribution in [2.24, 2.45) is 11.8 Å². The van der Waals surface area contributed by atoms with Gasteiger partial charge in [0.15, 0.2) is 0 Å². The van der Waals surface area contributed by atoms with Gasteiger partial charge in [-0.25, -0.2) is 0 Å². The minimum absolute atomic E-state index is 0.0157. The largest absolute Gasteiger partial charge is 0.491 e. The number of esters is 1. The van der Waals surface area contributed by atoms with Gasteiger partial charge in [-0.05, 0) is 51.3 Å². The monoisotopic (exact) mass is 464 g/mol. The maximum atomic E-state index is 12.3. The predicted molar refractivity (Wildman–Crippen MR) is 124 cm³/mol. The molecule has 0 aliphatic heterocycles. The van der Waals surface area contributed by atoms with E-state index in [1.807, 2.05) is 26.0 Å². The second-order valence-corrected chi connectivity index (χ2v) is 8.72. The fourth-order valence-electron chi connectivity index (χ4n) is 3.62. The zero-order valence-electron chi connectivity index (χ0n) is 18.7. The minimum atomic E-state index is -0.876. The van der Waals surface area contributed by atoms with Crippen molar-refractivity contribution < 1.29 is 29.3 Å². The highest BCUT2D eigenvalue weighted by Crippen LogP contribution is 2.33. The third kappa shape index (κ3) is 9.15. The van der Waals surface area contributed by atoms with E-state index in [1.165, 1.54) is 0 Å². The number of rotatable bonds is 12. The number of aliphatic hydroxyl groups excluding tert-OH is 2. The number of ether oxygens (including phenoxy) is 2. The van der Waals surface area contributed by atoms with Crippen molar-refractivity contribution in [1.82, 2.24) is 0 Å². The third-order valence-corrected chi connectivity index (χ3v) is 5.42. The standard InChI is InChI=1S/C25H33ClO6/c1-17(2)32-25(30)11-6-4-3-5-10-21-22(24(29)15-23(21)28)13-12-19(27)16-31-20-9-7-8-18(26)14-20/h3,5,7-9,12-14,17,19,21-22,24,27,29H,4,6,10-11,15-16H2,1-2H3/t19-,21-,22+,24-/m1/s1. The Morgan fingerprint density at radius 3 is 2.81 bits per heavy atom. The van der Waals surface area contributed by atoms with Gasteiger partial charge in [-0.3, -0.25) is 9.59 Å². The van der Waals surface area contributed by atoms with Crippen LogP contribution < -0.4 is 4.74 Å². The molecule has 1 aromatic rings. The summed E-state index contributed by atoms with van der Waals surface area (Å²) in [5.74, 6) is -0.312. The lowest BCUT2D eigenvalue weighted by molar-refractivity contribution is -0.147. The second-order valence-electron chi connectivity index (χ2n) is 8.28. The molecule has 1 saturated carbocycles. The average molecular weight is 465 g/mol. The van der Waals surface area contributed by atoms with E-state index in [0.717, 1.165) is 6.42 Å². The lowest BCUT2D eigenvalue weighted by Crippen LogP contribution is -2.20. The fourth-order valence-corrected chi connectivity index (χ4v) is 3.80. The van der Waals surface area contributed by atoms with Gasteiger partial charge in [-0.2, -0.15) is 0 Å². The SMILES string of the molecule is CC(C)OC(=O)CCCC=CC[C@H]1C(=O)C[C@@H](O)[C@H]1C=C[C@@H](O)COc1cccc(Cl)c1. The number of aliphatic hydroxyl groups is 2. The van der Waals surface area contributed by atoms with Crippen LogP contribution in [0.2, 0.25) is 5.02 Å². The van der Waals surface area contributed by atoms with E-state index in [2.05, 4.69) is 0 Å². The number of carbonyl (C=O) groups excluding carboxylic acids is 2. The zero-order valence-corrected chi connectivity index (χ0v) is 19.4. The van der Waals surface area contributed by atoms with Gasteiger partial charge in [0.25, 0.3) is 0 Å². The van der Waals surface area contributed by atoms with Crippen LogP contribution in [0.3, 0.4) is 0 Å². The number of benzene rings is 1. The first-order chi connectivity index (χ1) is 15.3. The van der Waals surface area contributed by atoms with Crippen LogP contribution in [0.5, 0.6) is 5.75 Å². The molecule has 0 saturated heterocycles. The summed E-state index contributed by atoms with van der Waals surface area (Å²) in [5, 5.41) is 21.0. The summed E-state index contributed by atoms with van der Waals surface area (Å²) in [6.45, 7) is 3.68. The molecule has 0 bridgehead atoms. The van der Waals surface area contributed by atoms with Gasteiger partial charge in [-0.1, -0.05) is 42.0 Å². The van der Waals surface area contributed by atoms with E-state index in [-0.39, 0.29) is 42.7 Å². The number of hydrogen-bond donors (Lipinski definition) is 2. The number of unbranched alkanes of at least 4 members (excludes halogenated alkanes) is 1. The summed E-state index contributed by atoms with van der Waals surface area (Å²) in [5.41, 5.74) is 0. The number of Topliss-reactive ketones (excluding diaryl/α,β-unsaturated/α-hetero) is 1. The molecule has 0 spiro atoms. The molecule has 0 aromatic heterocycles. The first-order valence-corrected chi connectivity index (χ1v) is 11.4. The summed E-state index contributed by atoms with van der Waals surface area (Å²) in [4.78, 5) is 23.8. The highest BCUT2D eigenvalue weighted by atomic mass is 35.5. The Balaban J connectivity index is 1.79. The van der Waals surface area contributed by atoms with E-state index in [4.69, 9.17) is 21.1 Å². The van der Waals surface area contributed by atoms with E-state index in [1.54, 1.807) is 36.4 Å². The van der Waals surface area contributed by atoms with Gasteiger partial charge in [0.1, 0.15) is 24.2 Å². The molecular weight excluding hydrogens is 432 g/mol. The number of ketones is 1. The van der Waals surface area contributed by atoms with Gasteiger partial charge in [0, 0.05) is 29.7 Å². The average Bonchev–Trinajstić information content (AvgIpc) is 2.99. The van der Waals surface area contributed by atoms with Gasteiger partial charge < -0.3 is 19.7 Å². The molecule has 1 aliphatic rings. The Morgan fingerprint density at radius 1 is 1.31 bits per heavy atom. The van der Waals surface area contributed by atoms with Crippen LogP contribution in [0.1, 0.15) is 46.0 Å². The molecule has 0 amide bonds. The summed E-state index contributed by atoms with van der Waals surface area (Å²) < 4.78 is 10.6. The van der Waals surface area contributed by atoms with Crippen LogP contribution >= 0.6 is 11.6 Å². The van der Waals surface area contributed by atoms with Crippen molar-refractivity contribution in [3.8, 4) is 5.75 Å². The molecule has 1 aromatic carbocycles. The van der Waals surface area contributed by atoms with Crippen molar-refractivity contribution in [3.63, 3.8) is 0 Å². The number of allylic oxidation sites excluding steroid dienone is 2. The first-order valence-electron chi connectivity index (χ1n) is 11.1. The molecule has 0 heterocycles. The van der Waals surface area contributed by atoms with Gasteiger partial charge in [0.05, 0.1) is 12.2 Å². The summed E-state index contributed by atoms with van der Waals surface area (Å²) in [7, 11) is 0. The van der Waals surface area contributed by atoms with Crippen molar-refractivity contribution in [1.29, 1.82) is 0 Å². The fraction of sp³-hybridized carbons (Fsp3) is 0.520. The quantitative estimate of drug-likeness (QED) is 0.272. The van der Waals surface area contributed by atoms with E-state index >= 15 is 0 Å². The first kappa shape index (κ1) is 26.1. The van der Waals surface area contributed by atoms with Crippen molar-refractivity contribution in [2.45, 2.75) is 64.3 Å². The maximum Gasteiger partial charge on any atom is 0.306 e. The van der Waals surface area contributed by atoms with Crippen molar-refractivity contribution in [3.05, 3.63) is 53.6 Å². The number of carbonyl (C=O) groups is 2. The molecule has 2 rings (SSSR count). The third-order valence-electron chi connectivity index (χ3n) is 5.18. The highest BCUT2D eigenvalue weighted by Gasteiger charge is 2.39. The Hall–Kier alpha value is -2.15. The van der Waals surface area contributed by atoms with Crippen LogP contribution in [-0.2, 0) is 14.3 Å². The Kier molecular flexibility index (Phi) is 10.9. The van der Waals surface area contributed by atoms with Gasteiger partial charge in [-0.15, -0.1) is 0 Å². The van der Waals surface area contributed by atoms with Crippen LogP contribution in [-0.4, -0.2) is 46.9 Å². The van der Waals surface area contributed by atoms with E-state index in [0.29, 0.717) is 30.0 Å². The predicted octanol–water partition coefficient (Wildman–Crippen LogP) is 4.27. The molecule has 4 atom stereocenters. The lowest BCUT2D eigenvalue weighted by Gasteiger charge is -2.17. The van der Waals surface area contributed by atoms with Gasteiger partial charge >= 0.3 is 5.97 Å². The number of halogens is 1. The van der Waals surface area contributed by atoms with Crippen LogP contribution in [0.15, 0.2) is 48.6 Å². The molecule has 2 N–H and O–H groups in total. The minimum Gasteiger partial charge on any atom is -0.491 e. The van der Waals surface area contributed by atoms with E-state index < -0.39 is 12.2 Å². The second kappa shape index (κ2) is 13.4. The highest BCUT2D eigenvalue weighted by molar-refractivity contribution is 6.30. The molecule has 0 unspecified atom stereocenters. The number of hydrogen-bond acceptors (Lipinski definition) is 6. The molecule has 0 radical (unpaired) electrons. The molecule has 176 valence electrons. The summed E-state index contributed by atoms with van der Waals surface area (Å²) in [6.07, 6.45) is 7.80. The summed E-state index contributed by atoms with van der Waals surface area (Å²) in [6, 6.07) is 6.90. The molecule has 7 heteroatoms. The van der Waals surface area contributed by atoms with Crippen LogP contribution in [0, 0.1) is 11.8 Å². The van der Waals surface area contributed by atoms with Crippen molar-refractivity contribution in [2.75, 3.05) is 6.61 Å². The topological polar surface area (TPSA) is 93.1 Å². The Bertz CT molecular complexity index is 803.